The Morgan fingerprint density at radius 3 is 2.72 bits per heavy atom. The highest BCUT2D eigenvalue weighted by Gasteiger charge is 2.32. The van der Waals surface area contributed by atoms with Crippen molar-refractivity contribution in [2.75, 3.05) is 13.1 Å². The smallest absolute Gasteiger partial charge is 0.168 e. The third-order valence-electron chi connectivity index (χ3n) is 4.47. The Morgan fingerprint density at radius 1 is 0.960 bits per heavy atom. The van der Waals surface area contributed by atoms with E-state index in [4.69, 9.17) is 0 Å². The molecule has 3 aromatic rings. The number of thioether (sulfide) groups is 1. The summed E-state index contributed by atoms with van der Waals surface area (Å²) in [5.41, 5.74) is 3.86. The SMILES string of the molecule is C(=C\c1ccccc1)/C1=C(c2csc3ccccc23)N2CCN=C2S1. The van der Waals surface area contributed by atoms with Gasteiger partial charge < -0.3 is 4.90 Å². The van der Waals surface area contributed by atoms with Gasteiger partial charge in [0.05, 0.1) is 12.2 Å². The van der Waals surface area contributed by atoms with Gasteiger partial charge in [-0.2, -0.15) is 0 Å². The molecule has 1 aromatic heterocycles. The van der Waals surface area contributed by atoms with Crippen LogP contribution >= 0.6 is 23.1 Å². The molecule has 0 spiro atoms. The molecule has 4 heteroatoms. The van der Waals surface area contributed by atoms with E-state index in [2.05, 4.69) is 82.0 Å². The molecule has 0 amide bonds. The first-order valence-electron chi connectivity index (χ1n) is 8.34. The predicted octanol–water partition coefficient (Wildman–Crippen LogP) is 5.70. The summed E-state index contributed by atoms with van der Waals surface area (Å²) in [6.07, 6.45) is 4.43. The molecule has 5 rings (SSSR count). The molecule has 0 fully saturated rings. The minimum Gasteiger partial charge on any atom is -0.317 e. The first kappa shape index (κ1) is 15.0. The van der Waals surface area contributed by atoms with Gasteiger partial charge in [-0.15, -0.1) is 11.3 Å². The Morgan fingerprint density at radius 2 is 1.80 bits per heavy atom. The van der Waals surface area contributed by atoms with Crippen LogP contribution in [-0.2, 0) is 0 Å². The zero-order valence-electron chi connectivity index (χ0n) is 13.6. The molecular formula is C21H16N2S2. The Kier molecular flexibility index (Phi) is 3.72. The second-order valence-electron chi connectivity index (χ2n) is 6.02. The van der Waals surface area contributed by atoms with E-state index in [1.807, 2.05) is 11.3 Å². The van der Waals surface area contributed by atoms with Gasteiger partial charge in [-0.05, 0) is 29.5 Å². The number of thiophene rings is 1. The predicted molar refractivity (Wildman–Crippen MR) is 111 cm³/mol. The molecule has 0 radical (unpaired) electrons. The summed E-state index contributed by atoms with van der Waals surface area (Å²) in [7, 11) is 0. The number of hydrogen-bond acceptors (Lipinski definition) is 4. The van der Waals surface area contributed by atoms with Crippen LogP contribution in [-0.4, -0.2) is 23.2 Å². The monoisotopic (exact) mass is 360 g/mol. The zero-order chi connectivity index (χ0) is 16.6. The fourth-order valence-electron chi connectivity index (χ4n) is 3.29. The molecule has 2 aliphatic heterocycles. The van der Waals surface area contributed by atoms with Crippen molar-refractivity contribution in [3.8, 4) is 0 Å². The molecule has 0 saturated heterocycles. The molecule has 0 N–H and O–H groups in total. The van der Waals surface area contributed by atoms with Crippen LogP contribution in [0.15, 0.2) is 76.0 Å². The molecular weight excluding hydrogens is 344 g/mol. The van der Waals surface area contributed by atoms with Gasteiger partial charge in [0.25, 0.3) is 0 Å². The van der Waals surface area contributed by atoms with E-state index in [1.165, 1.54) is 31.8 Å². The highest BCUT2D eigenvalue weighted by molar-refractivity contribution is 8.17. The lowest BCUT2D eigenvalue weighted by atomic mass is 10.1. The number of benzene rings is 2. The molecule has 25 heavy (non-hydrogen) atoms. The third-order valence-corrected chi connectivity index (χ3v) is 6.51. The van der Waals surface area contributed by atoms with Gasteiger partial charge in [0, 0.05) is 32.5 Å². The summed E-state index contributed by atoms with van der Waals surface area (Å²) in [6.45, 7) is 1.87. The summed E-state index contributed by atoms with van der Waals surface area (Å²) in [5.74, 6) is 0. The van der Waals surface area contributed by atoms with Gasteiger partial charge in [0.1, 0.15) is 0 Å². The summed E-state index contributed by atoms with van der Waals surface area (Å²) in [5, 5.41) is 4.76. The molecule has 3 heterocycles. The van der Waals surface area contributed by atoms with Crippen molar-refractivity contribution in [3.05, 3.63) is 82.1 Å². The van der Waals surface area contributed by atoms with E-state index in [9.17, 15) is 0 Å². The normalized spacial score (nSPS) is 17.0. The van der Waals surface area contributed by atoms with E-state index in [0.717, 1.165) is 18.3 Å². The van der Waals surface area contributed by atoms with Gasteiger partial charge in [-0.3, -0.25) is 4.99 Å². The fourth-order valence-corrected chi connectivity index (χ4v) is 5.33. The number of amidine groups is 1. The third kappa shape index (κ3) is 2.62. The van der Waals surface area contributed by atoms with Gasteiger partial charge in [-0.1, -0.05) is 54.6 Å². The minimum atomic E-state index is 0.892. The molecule has 0 unspecified atom stereocenters. The van der Waals surface area contributed by atoms with Gasteiger partial charge in [0.2, 0.25) is 0 Å². The molecule has 2 aromatic carbocycles. The Bertz CT molecular complexity index is 1030. The van der Waals surface area contributed by atoms with Crippen molar-refractivity contribution >= 4 is 50.1 Å². The Labute approximate surface area is 155 Å². The van der Waals surface area contributed by atoms with Gasteiger partial charge in [-0.25, -0.2) is 0 Å². The quantitative estimate of drug-likeness (QED) is 0.595. The minimum absolute atomic E-state index is 0.892. The standard InChI is InChI=1S/C21H16N2S2/c1-2-6-15(7-3-1)10-11-19-20(23-13-12-22-21(23)25-19)17-14-24-18-9-5-4-8-16(17)18/h1-11,14H,12-13H2/b11-10+. The lowest BCUT2D eigenvalue weighted by molar-refractivity contribution is 0.649. The van der Waals surface area contributed by atoms with Crippen molar-refractivity contribution in [2.24, 2.45) is 4.99 Å². The number of fused-ring (bicyclic) bond motifs is 2. The lowest BCUT2D eigenvalue weighted by Gasteiger charge is -2.16. The average Bonchev–Trinajstić information content (AvgIpc) is 3.35. The van der Waals surface area contributed by atoms with Crippen LogP contribution in [0.1, 0.15) is 11.1 Å². The Hall–Kier alpha value is -2.30. The molecule has 2 nitrogen and oxygen atoms in total. The number of allylic oxidation sites excluding steroid dienone is 1. The molecule has 0 atom stereocenters. The molecule has 2 aliphatic rings. The van der Waals surface area contributed by atoms with Crippen LogP contribution in [0.4, 0.5) is 0 Å². The summed E-state index contributed by atoms with van der Waals surface area (Å²) < 4.78 is 1.34. The maximum atomic E-state index is 4.68. The van der Waals surface area contributed by atoms with Crippen molar-refractivity contribution in [1.82, 2.24) is 4.90 Å². The maximum Gasteiger partial charge on any atom is 0.168 e. The summed E-state index contributed by atoms with van der Waals surface area (Å²) in [6, 6.07) is 19.1. The van der Waals surface area contributed by atoms with Crippen molar-refractivity contribution < 1.29 is 0 Å². The van der Waals surface area contributed by atoms with Crippen LogP contribution in [0, 0.1) is 0 Å². The molecule has 0 bridgehead atoms. The van der Waals surface area contributed by atoms with Gasteiger partial charge in [0.15, 0.2) is 5.17 Å². The summed E-state index contributed by atoms with van der Waals surface area (Å²) in [4.78, 5) is 8.34. The first-order chi connectivity index (χ1) is 12.4. The van der Waals surface area contributed by atoms with Crippen molar-refractivity contribution in [3.63, 3.8) is 0 Å². The Balaban J connectivity index is 1.63. The molecule has 0 aliphatic carbocycles. The van der Waals surface area contributed by atoms with E-state index < -0.39 is 0 Å². The maximum absolute atomic E-state index is 4.68. The van der Waals surface area contributed by atoms with Crippen LogP contribution < -0.4 is 0 Å². The lowest BCUT2D eigenvalue weighted by Crippen LogP contribution is -2.19. The fraction of sp³-hybridized carbons (Fsp3) is 0.0952. The molecule has 122 valence electrons. The highest BCUT2D eigenvalue weighted by atomic mass is 32.2. The summed E-state index contributed by atoms with van der Waals surface area (Å²) >= 11 is 3.61. The zero-order valence-corrected chi connectivity index (χ0v) is 15.2. The average molecular weight is 361 g/mol. The van der Waals surface area contributed by atoms with E-state index >= 15 is 0 Å². The highest BCUT2D eigenvalue weighted by Crippen LogP contribution is 2.45. The largest absolute Gasteiger partial charge is 0.317 e. The first-order valence-corrected chi connectivity index (χ1v) is 10.0. The van der Waals surface area contributed by atoms with Crippen LogP contribution in [0.5, 0.6) is 0 Å². The number of rotatable bonds is 3. The molecule has 0 saturated carbocycles. The number of aliphatic imine (C=N–C) groups is 1. The van der Waals surface area contributed by atoms with Crippen LogP contribution in [0.3, 0.4) is 0 Å². The van der Waals surface area contributed by atoms with Crippen molar-refractivity contribution in [2.45, 2.75) is 0 Å². The van der Waals surface area contributed by atoms with E-state index in [0.29, 0.717) is 0 Å². The van der Waals surface area contributed by atoms with Gasteiger partial charge >= 0.3 is 0 Å². The van der Waals surface area contributed by atoms with Crippen LogP contribution in [0.2, 0.25) is 0 Å². The number of nitrogens with zero attached hydrogens (tertiary/aromatic N) is 2. The van der Waals surface area contributed by atoms with Crippen molar-refractivity contribution in [1.29, 1.82) is 0 Å². The van der Waals surface area contributed by atoms with E-state index in [-0.39, 0.29) is 0 Å². The number of hydrogen-bond donors (Lipinski definition) is 0. The second-order valence-corrected chi connectivity index (χ2v) is 7.94. The second kappa shape index (κ2) is 6.21. The van der Waals surface area contributed by atoms with Crippen LogP contribution in [0.25, 0.3) is 21.9 Å². The van der Waals surface area contributed by atoms with E-state index in [1.54, 1.807) is 11.8 Å². The topological polar surface area (TPSA) is 15.6 Å².